The van der Waals surface area contributed by atoms with E-state index in [0.717, 1.165) is 15.6 Å². The lowest BCUT2D eigenvalue weighted by Gasteiger charge is -2.31. The first kappa shape index (κ1) is 13.5. The Bertz CT molecular complexity index is 549. The van der Waals surface area contributed by atoms with Gasteiger partial charge in [-0.15, -0.1) is 11.3 Å². The quantitative estimate of drug-likeness (QED) is 0.918. The average molecular weight is 289 g/mol. The molecule has 0 aromatic carbocycles. The molecule has 0 unspecified atom stereocenters. The van der Waals surface area contributed by atoms with Gasteiger partial charge in [-0.3, -0.25) is 4.79 Å². The van der Waals surface area contributed by atoms with Crippen LogP contribution in [0.1, 0.15) is 24.1 Å². The van der Waals surface area contributed by atoms with Crippen LogP contribution in [0, 0.1) is 6.92 Å². The van der Waals surface area contributed by atoms with Gasteiger partial charge in [0, 0.05) is 11.4 Å². The van der Waals surface area contributed by atoms with Gasteiger partial charge in [0.25, 0.3) is 10.0 Å². The van der Waals surface area contributed by atoms with E-state index in [-0.39, 0.29) is 10.8 Å². The molecular weight excluding hydrogens is 274 g/mol. The van der Waals surface area contributed by atoms with Crippen LogP contribution in [0.2, 0.25) is 0 Å². The molecule has 1 aliphatic heterocycles. The van der Waals surface area contributed by atoms with E-state index >= 15 is 0 Å². The number of aliphatic carboxylic acids is 1. The molecule has 1 aliphatic rings. The Kier molecular flexibility index (Phi) is 3.74. The van der Waals surface area contributed by atoms with Crippen molar-refractivity contribution in [3.8, 4) is 0 Å². The van der Waals surface area contributed by atoms with Gasteiger partial charge >= 0.3 is 5.97 Å². The minimum atomic E-state index is -3.66. The second-order valence-corrected chi connectivity index (χ2v) is 7.74. The Morgan fingerprint density at radius 2 is 2.17 bits per heavy atom. The number of thiophene rings is 1. The zero-order valence-corrected chi connectivity index (χ0v) is 11.6. The second kappa shape index (κ2) is 4.99. The normalized spacial score (nSPS) is 21.9. The molecule has 2 heterocycles. The van der Waals surface area contributed by atoms with Gasteiger partial charge in [-0.1, -0.05) is 0 Å². The zero-order chi connectivity index (χ0) is 13.3. The number of carbonyl (C=O) groups is 1. The summed E-state index contributed by atoms with van der Waals surface area (Å²) in [6, 6.07) is 2.35. The third-order valence-electron chi connectivity index (χ3n) is 3.02. The van der Waals surface area contributed by atoms with Crippen molar-refractivity contribution >= 4 is 27.3 Å². The maximum absolute atomic E-state index is 12.4. The van der Waals surface area contributed by atoms with Gasteiger partial charge in [0.15, 0.2) is 0 Å². The monoisotopic (exact) mass is 289 g/mol. The molecule has 2 rings (SSSR count). The summed E-state index contributed by atoms with van der Waals surface area (Å²) in [4.78, 5) is 12.0. The molecule has 100 valence electrons. The first-order valence-electron chi connectivity index (χ1n) is 5.74. The Morgan fingerprint density at radius 1 is 1.44 bits per heavy atom. The standard InChI is InChI=1S/C11H15NO4S2/c1-8-5-6-10(17-8)18(15,16)12-7-3-2-4-9(12)11(13)14/h5-6,9H,2-4,7H2,1H3,(H,13,14)/t9-/m0/s1. The molecular formula is C11H15NO4S2. The first-order valence-corrected chi connectivity index (χ1v) is 7.99. The fourth-order valence-electron chi connectivity index (χ4n) is 2.11. The molecule has 0 amide bonds. The molecule has 18 heavy (non-hydrogen) atoms. The van der Waals surface area contributed by atoms with Crippen molar-refractivity contribution in [3.05, 3.63) is 17.0 Å². The highest BCUT2D eigenvalue weighted by Crippen LogP contribution is 2.29. The van der Waals surface area contributed by atoms with Crippen LogP contribution >= 0.6 is 11.3 Å². The number of carboxylic acids is 1. The van der Waals surface area contributed by atoms with Crippen molar-refractivity contribution in [2.75, 3.05) is 6.54 Å². The van der Waals surface area contributed by atoms with E-state index in [1.807, 2.05) is 6.92 Å². The summed E-state index contributed by atoms with van der Waals surface area (Å²) in [5, 5.41) is 9.12. The van der Waals surface area contributed by atoms with Crippen molar-refractivity contribution in [2.24, 2.45) is 0 Å². The van der Waals surface area contributed by atoms with E-state index in [4.69, 9.17) is 5.11 Å². The molecule has 5 nitrogen and oxygen atoms in total. The lowest BCUT2D eigenvalue weighted by atomic mass is 10.1. The predicted molar refractivity (Wildman–Crippen MR) is 68.2 cm³/mol. The molecule has 1 fully saturated rings. The summed E-state index contributed by atoms with van der Waals surface area (Å²) in [6.07, 6.45) is 1.86. The molecule has 1 N–H and O–H groups in total. The maximum Gasteiger partial charge on any atom is 0.322 e. The number of rotatable bonds is 3. The zero-order valence-electron chi connectivity index (χ0n) is 10.00. The van der Waals surface area contributed by atoms with Crippen LogP contribution in [-0.4, -0.2) is 36.4 Å². The predicted octanol–water partition coefficient (Wildman–Crippen LogP) is 1.68. The largest absolute Gasteiger partial charge is 0.480 e. The first-order chi connectivity index (χ1) is 8.43. The minimum absolute atomic E-state index is 0.230. The van der Waals surface area contributed by atoms with Crippen molar-refractivity contribution < 1.29 is 18.3 Å². The number of piperidine rings is 1. The molecule has 0 aliphatic carbocycles. The number of hydrogen-bond donors (Lipinski definition) is 1. The fourth-order valence-corrected chi connectivity index (χ4v) is 5.17. The molecule has 1 aromatic heterocycles. The number of hydrogen-bond acceptors (Lipinski definition) is 4. The molecule has 0 bridgehead atoms. The number of aryl methyl sites for hydroxylation is 1. The van der Waals surface area contributed by atoms with E-state index < -0.39 is 22.0 Å². The maximum atomic E-state index is 12.4. The lowest BCUT2D eigenvalue weighted by Crippen LogP contribution is -2.47. The van der Waals surface area contributed by atoms with E-state index in [2.05, 4.69) is 0 Å². The molecule has 0 radical (unpaired) electrons. The Morgan fingerprint density at radius 3 is 2.72 bits per heavy atom. The van der Waals surface area contributed by atoms with Gasteiger partial charge in [0.1, 0.15) is 10.3 Å². The summed E-state index contributed by atoms with van der Waals surface area (Å²) >= 11 is 1.18. The van der Waals surface area contributed by atoms with Gasteiger partial charge in [-0.05, 0) is 38.3 Å². The van der Waals surface area contributed by atoms with Gasteiger partial charge in [0.05, 0.1) is 0 Å². The number of sulfonamides is 1. The topological polar surface area (TPSA) is 74.7 Å². The van der Waals surface area contributed by atoms with Crippen LogP contribution in [-0.2, 0) is 14.8 Å². The van der Waals surface area contributed by atoms with Gasteiger partial charge in [-0.2, -0.15) is 4.31 Å². The fraction of sp³-hybridized carbons (Fsp3) is 0.545. The molecule has 1 aromatic rings. The summed E-state index contributed by atoms with van der Waals surface area (Å²) in [5.74, 6) is -1.06. The Hall–Kier alpha value is -0.920. The van der Waals surface area contributed by atoms with E-state index in [9.17, 15) is 13.2 Å². The van der Waals surface area contributed by atoms with Crippen LogP contribution in [0.15, 0.2) is 16.3 Å². The van der Waals surface area contributed by atoms with E-state index in [0.29, 0.717) is 12.8 Å². The van der Waals surface area contributed by atoms with Crippen LogP contribution in [0.5, 0.6) is 0 Å². The van der Waals surface area contributed by atoms with Crippen molar-refractivity contribution in [1.29, 1.82) is 0 Å². The van der Waals surface area contributed by atoms with Crippen molar-refractivity contribution in [1.82, 2.24) is 4.31 Å². The highest BCUT2D eigenvalue weighted by atomic mass is 32.2. The third kappa shape index (κ3) is 2.43. The summed E-state index contributed by atoms with van der Waals surface area (Å²) in [6.45, 7) is 2.12. The SMILES string of the molecule is Cc1ccc(S(=O)(=O)N2CCCC[C@H]2C(=O)O)s1. The Balaban J connectivity index is 2.36. The smallest absolute Gasteiger partial charge is 0.322 e. The summed E-state index contributed by atoms with van der Waals surface area (Å²) < 4.78 is 26.1. The molecule has 7 heteroatoms. The van der Waals surface area contributed by atoms with E-state index in [1.165, 1.54) is 11.3 Å². The van der Waals surface area contributed by atoms with Crippen molar-refractivity contribution in [2.45, 2.75) is 36.4 Å². The van der Waals surface area contributed by atoms with Crippen LogP contribution in [0.4, 0.5) is 0 Å². The highest BCUT2D eigenvalue weighted by molar-refractivity contribution is 7.91. The molecule has 0 saturated carbocycles. The van der Waals surface area contributed by atoms with Crippen LogP contribution in [0.3, 0.4) is 0 Å². The molecule has 1 atom stereocenters. The number of nitrogens with zero attached hydrogens (tertiary/aromatic N) is 1. The second-order valence-electron chi connectivity index (χ2n) is 4.33. The van der Waals surface area contributed by atoms with Crippen LogP contribution < -0.4 is 0 Å². The number of carboxylic acid groups (broad SMARTS) is 1. The minimum Gasteiger partial charge on any atom is -0.480 e. The van der Waals surface area contributed by atoms with E-state index in [1.54, 1.807) is 12.1 Å². The Labute approximate surface area is 110 Å². The summed E-state index contributed by atoms with van der Waals surface area (Å²) in [5.41, 5.74) is 0. The van der Waals surface area contributed by atoms with Gasteiger partial charge in [0.2, 0.25) is 0 Å². The van der Waals surface area contributed by atoms with Crippen LogP contribution in [0.25, 0.3) is 0 Å². The molecule has 0 spiro atoms. The average Bonchev–Trinajstić information content (AvgIpc) is 2.76. The van der Waals surface area contributed by atoms with Gasteiger partial charge < -0.3 is 5.11 Å². The molecule has 1 saturated heterocycles. The highest BCUT2D eigenvalue weighted by Gasteiger charge is 2.38. The van der Waals surface area contributed by atoms with Gasteiger partial charge in [-0.25, -0.2) is 8.42 Å². The third-order valence-corrected chi connectivity index (χ3v) is 6.39. The lowest BCUT2D eigenvalue weighted by molar-refractivity contribution is -0.142. The summed E-state index contributed by atoms with van der Waals surface area (Å²) in [7, 11) is -3.66. The van der Waals surface area contributed by atoms with Crippen molar-refractivity contribution in [3.63, 3.8) is 0 Å².